The molecule has 7 heteroatoms. The molecular weight excluding hydrogens is 277 g/mol. The lowest BCUT2D eigenvalue weighted by Gasteiger charge is -2.28. The van der Waals surface area contributed by atoms with Crippen LogP contribution in [0.15, 0.2) is 18.2 Å². The maximum absolute atomic E-state index is 14.0. The van der Waals surface area contributed by atoms with Crippen LogP contribution in [-0.4, -0.2) is 41.4 Å². The number of nitro benzene ring substituents is 1. The van der Waals surface area contributed by atoms with Crippen LogP contribution in [0.4, 0.5) is 10.1 Å². The standard InChI is InChI=1S/C14H18FN3O3/c1-2-7-17(11-5-6-16-9-11)14(19)12-4-3-10(18(20)21)8-13(12)15/h3-4,8,11,16H,2,5-7,9H2,1H3. The van der Waals surface area contributed by atoms with Gasteiger partial charge in [0.05, 0.1) is 16.6 Å². The van der Waals surface area contributed by atoms with Gasteiger partial charge in [-0.1, -0.05) is 6.92 Å². The molecule has 1 aliphatic heterocycles. The first kappa shape index (κ1) is 15.4. The van der Waals surface area contributed by atoms with Crippen molar-refractivity contribution in [3.05, 3.63) is 39.7 Å². The number of rotatable bonds is 5. The second-order valence-electron chi connectivity index (χ2n) is 5.07. The van der Waals surface area contributed by atoms with E-state index in [0.717, 1.165) is 31.5 Å². The minimum atomic E-state index is -0.846. The van der Waals surface area contributed by atoms with Crippen molar-refractivity contribution >= 4 is 11.6 Å². The molecule has 1 amide bonds. The highest BCUT2D eigenvalue weighted by Gasteiger charge is 2.28. The first-order valence-corrected chi connectivity index (χ1v) is 7.00. The summed E-state index contributed by atoms with van der Waals surface area (Å²) in [4.78, 5) is 24.1. The van der Waals surface area contributed by atoms with Crippen molar-refractivity contribution < 1.29 is 14.1 Å². The van der Waals surface area contributed by atoms with Crippen LogP contribution in [-0.2, 0) is 0 Å². The lowest BCUT2D eigenvalue weighted by Crippen LogP contribution is -2.42. The summed E-state index contributed by atoms with van der Waals surface area (Å²) in [6.07, 6.45) is 1.61. The van der Waals surface area contributed by atoms with Crippen LogP contribution in [0.3, 0.4) is 0 Å². The number of non-ortho nitro benzene ring substituents is 1. The van der Waals surface area contributed by atoms with Gasteiger partial charge in [-0.05, 0) is 25.5 Å². The summed E-state index contributed by atoms with van der Waals surface area (Å²) in [6.45, 7) is 4.03. The Morgan fingerprint density at radius 3 is 2.86 bits per heavy atom. The van der Waals surface area contributed by atoms with Crippen LogP contribution < -0.4 is 5.32 Å². The fourth-order valence-electron chi connectivity index (χ4n) is 2.54. The molecule has 1 unspecified atom stereocenters. The second kappa shape index (κ2) is 6.62. The molecule has 1 heterocycles. The first-order chi connectivity index (χ1) is 10.0. The quantitative estimate of drug-likeness (QED) is 0.665. The highest BCUT2D eigenvalue weighted by Crippen LogP contribution is 2.20. The molecule has 0 aromatic heterocycles. The summed E-state index contributed by atoms with van der Waals surface area (Å²) in [6, 6.07) is 3.20. The summed E-state index contributed by atoms with van der Waals surface area (Å²) in [5.74, 6) is -1.25. The number of carbonyl (C=O) groups excluding carboxylic acids is 1. The van der Waals surface area contributed by atoms with Crippen molar-refractivity contribution in [1.29, 1.82) is 0 Å². The van der Waals surface area contributed by atoms with E-state index in [1.807, 2.05) is 6.92 Å². The van der Waals surface area contributed by atoms with Crippen LogP contribution in [0.5, 0.6) is 0 Å². The lowest BCUT2D eigenvalue weighted by atomic mass is 10.1. The van der Waals surface area contributed by atoms with E-state index >= 15 is 0 Å². The number of halogens is 1. The predicted octanol–water partition coefficient (Wildman–Crippen LogP) is 1.95. The third-order valence-corrected chi connectivity index (χ3v) is 3.59. The summed E-state index contributed by atoms with van der Waals surface area (Å²) in [5.41, 5.74) is -0.463. The Bertz CT molecular complexity index is 544. The fourth-order valence-corrected chi connectivity index (χ4v) is 2.54. The predicted molar refractivity (Wildman–Crippen MR) is 75.7 cm³/mol. The van der Waals surface area contributed by atoms with Gasteiger partial charge in [0.15, 0.2) is 0 Å². The van der Waals surface area contributed by atoms with Gasteiger partial charge in [0.25, 0.3) is 11.6 Å². The molecular formula is C14H18FN3O3. The molecule has 6 nitrogen and oxygen atoms in total. The van der Waals surface area contributed by atoms with Crippen molar-refractivity contribution in [3.63, 3.8) is 0 Å². The van der Waals surface area contributed by atoms with E-state index in [0.29, 0.717) is 13.1 Å². The van der Waals surface area contributed by atoms with Crippen LogP contribution in [0, 0.1) is 15.9 Å². The Labute approximate surface area is 122 Å². The molecule has 1 fully saturated rings. The van der Waals surface area contributed by atoms with Crippen LogP contribution in [0.1, 0.15) is 30.1 Å². The van der Waals surface area contributed by atoms with Crippen molar-refractivity contribution in [2.45, 2.75) is 25.8 Å². The monoisotopic (exact) mass is 295 g/mol. The highest BCUT2D eigenvalue weighted by molar-refractivity contribution is 5.95. The van der Waals surface area contributed by atoms with Gasteiger partial charge in [0.1, 0.15) is 5.82 Å². The van der Waals surface area contributed by atoms with Crippen molar-refractivity contribution in [2.75, 3.05) is 19.6 Å². The highest BCUT2D eigenvalue weighted by atomic mass is 19.1. The topological polar surface area (TPSA) is 75.5 Å². The number of amides is 1. The molecule has 0 bridgehead atoms. The van der Waals surface area contributed by atoms with Crippen molar-refractivity contribution in [1.82, 2.24) is 10.2 Å². The number of benzene rings is 1. The third-order valence-electron chi connectivity index (χ3n) is 3.59. The van der Waals surface area contributed by atoms with E-state index in [2.05, 4.69) is 5.32 Å². The summed E-state index contributed by atoms with van der Waals surface area (Å²) >= 11 is 0. The molecule has 1 atom stereocenters. The SMILES string of the molecule is CCCN(C(=O)c1ccc([N+](=O)[O-])cc1F)C1CCNC1. The normalized spacial score (nSPS) is 17.7. The Kier molecular flexibility index (Phi) is 4.85. The number of nitrogens with zero attached hydrogens (tertiary/aromatic N) is 2. The molecule has 0 saturated carbocycles. The molecule has 1 saturated heterocycles. The molecule has 0 spiro atoms. The van der Waals surface area contributed by atoms with E-state index in [9.17, 15) is 19.3 Å². The molecule has 21 heavy (non-hydrogen) atoms. The van der Waals surface area contributed by atoms with Crippen LogP contribution in [0.2, 0.25) is 0 Å². The third kappa shape index (κ3) is 3.36. The van der Waals surface area contributed by atoms with E-state index < -0.39 is 16.6 Å². The molecule has 1 N–H and O–H groups in total. The van der Waals surface area contributed by atoms with Gasteiger partial charge >= 0.3 is 0 Å². The fraction of sp³-hybridized carbons (Fsp3) is 0.500. The Hall–Kier alpha value is -2.02. The van der Waals surface area contributed by atoms with Gasteiger partial charge in [-0.15, -0.1) is 0 Å². The Morgan fingerprint density at radius 1 is 1.57 bits per heavy atom. The van der Waals surface area contributed by atoms with Gasteiger partial charge in [-0.3, -0.25) is 14.9 Å². The van der Waals surface area contributed by atoms with Gasteiger partial charge < -0.3 is 10.2 Å². The number of nitrogens with one attached hydrogen (secondary N) is 1. The molecule has 2 rings (SSSR count). The van der Waals surface area contributed by atoms with Gasteiger partial charge in [-0.2, -0.15) is 0 Å². The molecule has 114 valence electrons. The molecule has 0 aliphatic carbocycles. The Balaban J connectivity index is 2.25. The smallest absolute Gasteiger partial charge is 0.272 e. The summed E-state index contributed by atoms with van der Waals surface area (Å²) in [7, 11) is 0. The van der Waals surface area contributed by atoms with E-state index in [1.165, 1.54) is 6.07 Å². The molecule has 0 radical (unpaired) electrons. The number of hydrogen-bond acceptors (Lipinski definition) is 4. The van der Waals surface area contributed by atoms with Gasteiger partial charge in [0.2, 0.25) is 0 Å². The van der Waals surface area contributed by atoms with Crippen LogP contribution >= 0.6 is 0 Å². The molecule has 1 aromatic carbocycles. The summed E-state index contributed by atoms with van der Waals surface area (Å²) in [5, 5.41) is 13.8. The zero-order valence-corrected chi connectivity index (χ0v) is 11.8. The first-order valence-electron chi connectivity index (χ1n) is 7.00. The zero-order chi connectivity index (χ0) is 15.4. The average molecular weight is 295 g/mol. The van der Waals surface area contributed by atoms with E-state index in [-0.39, 0.29) is 17.3 Å². The minimum absolute atomic E-state index is 0.0482. The largest absolute Gasteiger partial charge is 0.334 e. The molecule has 1 aliphatic rings. The summed E-state index contributed by atoms with van der Waals surface area (Å²) < 4.78 is 14.0. The maximum Gasteiger partial charge on any atom is 0.272 e. The number of nitro groups is 1. The zero-order valence-electron chi connectivity index (χ0n) is 11.8. The second-order valence-corrected chi connectivity index (χ2v) is 5.07. The lowest BCUT2D eigenvalue weighted by molar-refractivity contribution is -0.385. The Morgan fingerprint density at radius 2 is 2.33 bits per heavy atom. The van der Waals surface area contributed by atoms with E-state index in [4.69, 9.17) is 0 Å². The van der Waals surface area contributed by atoms with Gasteiger partial charge in [-0.25, -0.2) is 4.39 Å². The maximum atomic E-state index is 14.0. The number of hydrogen-bond donors (Lipinski definition) is 1. The van der Waals surface area contributed by atoms with Crippen molar-refractivity contribution in [3.8, 4) is 0 Å². The van der Waals surface area contributed by atoms with Crippen molar-refractivity contribution in [2.24, 2.45) is 0 Å². The average Bonchev–Trinajstić information content (AvgIpc) is 2.97. The van der Waals surface area contributed by atoms with Crippen LogP contribution in [0.25, 0.3) is 0 Å². The van der Waals surface area contributed by atoms with E-state index in [1.54, 1.807) is 4.90 Å². The number of carbonyl (C=O) groups is 1. The molecule has 1 aromatic rings. The van der Waals surface area contributed by atoms with Gasteiger partial charge in [0, 0.05) is 25.2 Å². The minimum Gasteiger partial charge on any atom is -0.334 e.